The number of nitrogens with one attached hydrogen (secondary N) is 1. The number of benzene rings is 1. The van der Waals surface area contributed by atoms with Gasteiger partial charge in [-0.05, 0) is 25.0 Å². The van der Waals surface area contributed by atoms with Crippen LogP contribution in [0.4, 0.5) is 5.69 Å². The van der Waals surface area contributed by atoms with Gasteiger partial charge in [0.1, 0.15) is 5.75 Å². The molecule has 1 unspecified atom stereocenters. The first kappa shape index (κ1) is 16.0. The van der Waals surface area contributed by atoms with Crippen LogP contribution in [0.25, 0.3) is 0 Å². The normalized spacial score (nSPS) is 20.0. The van der Waals surface area contributed by atoms with Crippen molar-refractivity contribution < 1.29 is 14.7 Å². The Bertz CT molecular complexity index is 623. The zero-order valence-corrected chi connectivity index (χ0v) is 13.9. The van der Waals surface area contributed by atoms with Crippen molar-refractivity contribution >= 4 is 29.3 Å². The zero-order valence-electron chi connectivity index (χ0n) is 13.1. The highest BCUT2D eigenvalue weighted by Gasteiger charge is 2.29. The van der Waals surface area contributed by atoms with E-state index < -0.39 is 0 Å². The van der Waals surface area contributed by atoms with Crippen molar-refractivity contribution in [3.8, 4) is 5.75 Å². The number of hydrogen-bond acceptors (Lipinski definition) is 5. The summed E-state index contributed by atoms with van der Waals surface area (Å²) in [4.78, 5) is 28.0. The van der Waals surface area contributed by atoms with Gasteiger partial charge in [-0.15, -0.1) is 0 Å². The van der Waals surface area contributed by atoms with E-state index in [2.05, 4.69) is 10.2 Å². The molecular weight excluding hydrogens is 314 g/mol. The Morgan fingerprint density at radius 3 is 3.00 bits per heavy atom. The maximum atomic E-state index is 11.9. The molecule has 2 heterocycles. The Morgan fingerprint density at radius 1 is 1.48 bits per heavy atom. The van der Waals surface area contributed by atoms with Crippen molar-refractivity contribution in [3.63, 3.8) is 0 Å². The molecule has 0 aliphatic carbocycles. The van der Waals surface area contributed by atoms with E-state index in [0.717, 1.165) is 23.4 Å². The summed E-state index contributed by atoms with van der Waals surface area (Å²) in [7, 11) is 1.99. The van der Waals surface area contributed by atoms with Crippen LogP contribution >= 0.6 is 11.8 Å². The summed E-state index contributed by atoms with van der Waals surface area (Å²) < 4.78 is 0. The molecule has 1 aromatic rings. The average molecular weight is 335 g/mol. The number of phenolic OH excluding ortho intramolecular Hbond substituents is 1. The maximum absolute atomic E-state index is 11.9. The van der Waals surface area contributed by atoms with Gasteiger partial charge in [-0.2, -0.15) is 0 Å². The van der Waals surface area contributed by atoms with Crippen LogP contribution in [-0.4, -0.2) is 53.9 Å². The highest BCUT2D eigenvalue weighted by atomic mass is 32.2. The van der Waals surface area contributed by atoms with E-state index in [1.165, 1.54) is 0 Å². The topological polar surface area (TPSA) is 72.9 Å². The molecule has 0 saturated carbocycles. The second-order valence-electron chi connectivity index (χ2n) is 5.87. The van der Waals surface area contributed by atoms with E-state index in [0.29, 0.717) is 25.3 Å². The number of carbonyl (C=O) groups excluding carboxylic acids is 2. The number of thioether (sulfide) groups is 1. The third-order valence-corrected chi connectivity index (χ3v) is 5.74. The van der Waals surface area contributed by atoms with Crippen molar-refractivity contribution in [3.05, 3.63) is 18.2 Å². The molecule has 1 atom stereocenters. The Balaban J connectivity index is 1.46. The number of anilines is 1. The summed E-state index contributed by atoms with van der Waals surface area (Å²) in [5.41, 5.74) is 1.02. The number of nitrogens with zero attached hydrogens (tertiary/aromatic N) is 2. The number of hydrogen-bond donors (Lipinski definition) is 2. The molecule has 124 valence electrons. The Kier molecular flexibility index (Phi) is 4.66. The number of amides is 2. The maximum Gasteiger partial charge on any atom is 0.239 e. The number of fused-ring (bicyclic) bond motifs is 1. The third kappa shape index (κ3) is 3.39. The molecule has 6 nitrogen and oxygen atoms in total. The van der Waals surface area contributed by atoms with Gasteiger partial charge in [-0.25, -0.2) is 0 Å². The molecule has 2 aliphatic heterocycles. The highest BCUT2D eigenvalue weighted by molar-refractivity contribution is 8.00. The second kappa shape index (κ2) is 6.70. The van der Waals surface area contributed by atoms with Gasteiger partial charge in [-0.3, -0.25) is 9.59 Å². The van der Waals surface area contributed by atoms with Gasteiger partial charge in [0.25, 0.3) is 0 Å². The van der Waals surface area contributed by atoms with Gasteiger partial charge >= 0.3 is 0 Å². The van der Waals surface area contributed by atoms with Gasteiger partial charge in [0.15, 0.2) is 0 Å². The summed E-state index contributed by atoms with van der Waals surface area (Å²) >= 11 is 1.62. The molecule has 7 heteroatoms. The molecule has 2 aliphatic rings. The lowest BCUT2D eigenvalue weighted by Gasteiger charge is -2.22. The van der Waals surface area contributed by atoms with Crippen molar-refractivity contribution in [2.24, 2.45) is 0 Å². The first-order valence-electron chi connectivity index (χ1n) is 7.82. The fraction of sp³-hybridized carbons (Fsp3) is 0.500. The van der Waals surface area contributed by atoms with Gasteiger partial charge in [0, 0.05) is 26.6 Å². The molecule has 1 aromatic carbocycles. The SMILES string of the molecule is CN1c2cccc(O)c2SC1CCNC(=O)CN1CCCC1=O. The van der Waals surface area contributed by atoms with Crippen LogP contribution < -0.4 is 10.2 Å². The predicted octanol–water partition coefficient (Wildman–Crippen LogP) is 1.39. The summed E-state index contributed by atoms with van der Waals surface area (Å²) in [5.74, 6) is 0.266. The molecule has 0 spiro atoms. The van der Waals surface area contributed by atoms with Crippen LogP contribution in [-0.2, 0) is 9.59 Å². The van der Waals surface area contributed by atoms with E-state index in [9.17, 15) is 14.7 Å². The molecule has 2 amide bonds. The number of phenols is 1. The summed E-state index contributed by atoms with van der Waals surface area (Å²) in [6.07, 6.45) is 2.17. The van der Waals surface area contributed by atoms with Crippen molar-refractivity contribution in [1.82, 2.24) is 10.2 Å². The molecule has 1 saturated heterocycles. The molecule has 2 N–H and O–H groups in total. The number of carbonyl (C=O) groups is 2. The van der Waals surface area contributed by atoms with Crippen molar-refractivity contribution in [2.45, 2.75) is 29.5 Å². The average Bonchev–Trinajstić information content (AvgIpc) is 3.06. The van der Waals surface area contributed by atoms with Crippen LogP contribution in [0.5, 0.6) is 5.75 Å². The standard InChI is InChI=1S/C16H21N3O3S/c1-18-11-4-2-5-12(20)16(11)23-15(18)7-8-17-13(21)10-19-9-3-6-14(19)22/h2,4-5,15,20H,3,6-10H2,1H3,(H,17,21). The van der Waals surface area contributed by atoms with E-state index >= 15 is 0 Å². The van der Waals surface area contributed by atoms with Gasteiger partial charge in [0.2, 0.25) is 11.8 Å². The molecule has 0 bridgehead atoms. The Labute approximate surface area is 139 Å². The Morgan fingerprint density at radius 2 is 2.30 bits per heavy atom. The summed E-state index contributed by atoms with van der Waals surface area (Å²) in [6, 6.07) is 5.51. The summed E-state index contributed by atoms with van der Waals surface area (Å²) in [6.45, 7) is 1.40. The van der Waals surface area contributed by atoms with Crippen LogP contribution in [0.2, 0.25) is 0 Å². The van der Waals surface area contributed by atoms with E-state index in [-0.39, 0.29) is 23.7 Å². The van der Waals surface area contributed by atoms with Gasteiger partial charge in [-0.1, -0.05) is 17.8 Å². The fourth-order valence-electron chi connectivity index (χ4n) is 2.97. The largest absolute Gasteiger partial charge is 0.507 e. The van der Waals surface area contributed by atoms with Gasteiger partial charge in [0.05, 0.1) is 22.5 Å². The molecular formula is C16H21N3O3S. The minimum absolute atomic E-state index is 0.0668. The number of rotatable bonds is 5. The Hall–Kier alpha value is -1.89. The predicted molar refractivity (Wildman–Crippen MR) is 89.6 cm³/mol. The molecule has 1 fully saturated rings. The monoisotopic (exact) mass is 335 g/mol. The van der Waals surface area contributed by atoms with Crippen molar-refractivity contribution in [2.75, 3.05) is 31.6 Å². The molecule has 0 aromatic heterocycles. The number of aromatic hydroxyl groups is 1. The quantitative estimate of drug-likeness (QED) is 0.851. The van der Waals surface area contributed by atoms with E-state index in [4.69, 9.17) is 0 Å². The first-order chi connectivity index (χ1) is 11.1. The first-order valence-corrected chi connectivity index (χ1v) is 8.70. The van der Waals surface area contributed by atoms with Crippen LogP contribution in [0.15, 0.2) is 23.1 Å². The molecule has 0 radical (unpaired) electrons. The van der Waals surface area contributed by atoms with E-state index in [1.807, 2.05) is 19.2 Å². The smallest absolute Gasteiger partial charge is 0.239 e. The second-order valence-corrected chi connectivity index (χ2v) is 7.05. The van der Waals surface area contributed by atoms with Crippen LogP contribution in [0.3, 0.4) is 0 Å². The number of likely N-dealkylation sites (tertiary alicyclic amines) is 1. The summed E-state index contributed by atoms with van der Waals surface area (Å²) in [5, 5.41) is 13.0. The van der Waals surface area contributed by atoms with Crippen LogP contribution in [0.1, 0.15) is 19.3 Å². The molecule has 23 heavy (non-hydrogen) atoms. The zero-order chi connectivity index (χ0) is 16.4. The van der Waals surface area contributed by atoms with Gasteiger partial charge < -0.3 is 20.2 Å². The molecule has 3 rings (SSSR count). The highest BCUT2D eigenvalue weighted by Crippen LogP contribution is 2.47. The third-order valence-electron chi connectivity index (χ3n) is 4.26. The lowest BCUT2D eigenvalue weighted by molar-refractivity contribution is -0.133. The lowest BCUT2D eigenvalue weighted by atomic mass is 10.2. The lowest BCUT2D eigenvalue weighted by Crippen LogP contribution is -2.39. The van der Waals surface area contributed by atoms with Crippen molar-refractivity contribution in [1.29, 1.82) is 0 Å². The fourth-order valence-corrected chi connectivity index (χ4v) is 4.27. The van der Waals surface area contributed by atoms with E-state index in [1.54, 1.807) is 22.7 Å². The minimum atomic E-state index is -0.105. The minimum Gasteiger partial charge on any atom is -0.507 e. The van der Waals surface area contributed by atoms with Crippen LogP contribution in [0, 0.1) is 0 Å².